The molecule has 0 aliphatic carbocycles. The Morgan fingerprint density at radius 2 is 1.79 bits per heavy atom. The quantitative estimate of drug-likeness (QED) is 0.354. The van der Waals surface area contributed by atoms with Gasteiger partial charge in [0.25, 0.3) is 5.91 Å². The second-order valence-corrected chi connectivity index (χ2v) is 8.91. The van der Waals surface area contributed by atoms with Crippen molar-refractivity contribution >= 4 is 38.2 Å². The van der Waals surface area contributed by atoms with Crippen molar-refractivity contribution in [1.29, 1.82) is 0 Å². The molecule has 0 atom stereocenters. The molecule has 2 aromatic heterocycles. The lowest BCUT2D eigenvalue weighted by Crippen LogP contribution is -2.22. The van der Waals surface area contributed by atoms with Gasteiger partial charge in [-0.1, -0.05) is 48.5 Å². The highest BCUT2D eigenvalue weighted by molar-refractivity contribution is 7.22. The van der Waals surface area contributed by atoms with Crippen molar-refractivity contribution in [2.24, 2.45) is 0 Å². The fourth-order valence-corrected chi connectivity index (χ4v) is 5.51. The number of amides is 1. The fourth-order valence-electron chi connectivity index (χ4n) is 4.28. The van der Waals surface area contributed by atoms with Crippen LogP contribution in [0.5, 0.6) is 17.2 Å². The molecule has 6 nitrogen and oxygen atoms in total. The number of methoxy groups -OCH3 is 1. The van der Waals surface area contributed by atoms with E-state index in [1.807, 2.05) is 72.9 Å². The molecule has 7 heteroatoms. The molecular weight excluding hydrogens is 448 g/mol. The molecule has 0 spiro atoms. The number of carbonyl (C=O) groups is 1. The lowest BCUT2D eigenvalue weighted by atomic mass is 10.0. The molecule has 34 heavy (non-hydrogen) atoms. The predicted octanol–water partition coefficient (Wildman–Crippen LogP) is 5.78. The van der Waals surface area contributed by atoms with Gasteiger partial charge in [0, 0.05) is 45.4 Å². The summed E-state index contributed by atoms with van der Waals surface area (Å²) in [6.07, 6.45) is 1.84. The van der Waals surface area contributed by atoms with Crippen LogP contribution in [-0.4, -0.2) is 24.8 Å². The third-order valence-electron chi connectivity index (χ3n) is 5.91. The molecule has 1 aliphatic heterocycles. The first-order chi connectivity index (χ1) is 16.7. The summed E-state index contributed by atoms with van der Waals surface area (Å²) in [4.78, 5) is 18.8. The molecule has 0 unspecified atom stereocenters. The molecule has 0 radical (unpaired) electrons. The average molecular weight is 469 g/mol. The van der Waals surface area contributed by atoms with Gasteiger partial charge in [0.05, 0.1) is 12.6 Å². The number of rotatable bonds is 5. The highest BCUT2D eigenvalue weighted by Gasteiger charge is 2.23. The number of nitrogens with zero attached hydrogens (tertiary/aromatic N) is 1. The Morgan fingerprint density at radius 3 is 2.62 bits per heavy atom. The van der Waals surface area contributed by atoms with Gasteiger partial charge in [0.15, 0.2) is 11.5 Å². The maximum Gasteiger partial charge on any atom is 0.262 e. The molecule has 5 aromatic rings. The molecule has 3 heterocycles. The van der Waals surface area contributed by atoms with Gasteiger partial charge in [-0.15, -0.1) is 11.3 Å². The maximum absolute atomic E-state index is 13.5. The van der Waals surface area contributed by atoms with E-state index >= 15 is 0 Å². The number of para-hydroxylation sites is 1. The molecule has 168 valence electrons. The highest BCUT2D eigenvalue weighted by Crippen LogP contribution is 2.44. The van der Waals surface area contributed by atoms with Crippen molar-refractivity contribution in [2.75, 3.05) is 13.9 Å². The van der Waals surface area contributed by atoms with Crippen LogP contribution in [0.25, 0.3) is 32.1 Å². The summed E-state index contributed by atoms with van der Waals surface area (Å²) >= 11 is 1.47. The molecular formula is C27H20N2O4S. The van der Waals surface area contributed by atoms with Crippen LogP contribution in [0.1, 0.15) is 15.2 Å². The van der Waals surface area contributed by atoms with Gasteiger partial charge in [-0.05, 0) is 17.7 Å². The summed E-state index contributed by atoms with van der Waals surface area (Å²) < 4.78 is 17.5. The van der Waals surface area contributed by atoms with Crippen LogP contribution in [-0.2, 0) is 6.54 Å². The lowest BCUT2D eigenvalue weighted by molar-refractivity contribution is 0.0955. The predicted molar refractivity (Wildman–Crippen MR) is 133 cm³/mol. The van der Waals surface area contributed by atoms with E-state index in [0.717, 1.165) is 43.4 Å². The summed E-state index contributed by atoms with van der Waals surface area (Å²) in [6.45, 7) is 0.564. The number of pyridine rings is 1. The smallest absolute Gasteiger partial charge is 0.262 e. The van der Waals surface area contributed by atoms with Gasteiger partial charge in [-0.3, -0.25) is 9.78 Å². The Hall–Kier alpha value is -4.10. The number of ether oxygens (including phenoxy) is 3. The summed E-state index contributed by atoms with van der Waals surface area (Å²) in [5.74, 6) is 1.99. The average Bonchev–Trinajstić information content (AvgIpc) is 3.51. The number of benzene rings is 3. The minimum atomic E-state index is -0.139. The van der Waals surface area contributed by atoms with Crippen LogP contribution in [0.15, 0.2) is 72.9 Å². The number of hydrogen-bond acceptors (Lipinski definition) is 6. The first-order valence-corrected chi connectivity index (χ1v) is 11.6. The van der Waals surface area contributed by atoms with Gasteiger partial charge >= 0.3 is 0 Å². The van der Waals surface area contributed by atoms with Gasteiger partial charge in [0.2, 0.25) is 6.79 Å². The fraction of sp³-hybridized carbons (Fsp3) is 0.111. The van der Waals surface area contributed by atoms with Crippen molar-refractivity contribution in [3.05, 3.63) is 83.4 Å². The highest BCUT2D eigenvalue weighted by atomic mass is 32.1. The standard InChI is InChI=1S/C27H20N2O4S/c1-31-21-10-6-5-9-17(21)13-29-27(30)26-24(16-7-3-2-4-8-16)19-14-28-20-12-23-22(32-15-33-23)11-18(20)25(19)34-26/h2-12,14H,13,15H2,1H3,(H,29,30). The summed E-state index contributed by atoms with van der Waals surface area (Å²) in [5.41, 5.74) is 3.57. The number of thiophene rings is 1. The number of aromatic nitrogens is 1. The number of carbonyl (C=O) groups excluding carboxylic acids is 1. The number of nitrogens with one attached hydrogen (secondary N) is 1. The Labute approximate surface area is 199 Å². The molecule has 1 aliphatic rings. The minimum Gasteiger partial charge on any atom is -0.496 e. The molecule has 1 N–H and O–H groups in total. The minimum absolute atomic E-state index is 0.139. The van der Waals surface area contributed by atoms with Crippen LogP contribution < -0.4 is 19.5 Å². The van der Waals surface area contributed by atoms with E-state index in [9.17, 15) is 4.79 Å². The Bertz CT molecular complexity index is 1550. The number of fused-ring (bicyclic) bond motifs is 4. The van der Waals surface area contributed by atoms with Crippen LogP contribution in [0, 0.1) is 0 Å². The van der Waals surface area contributed by atoms with Crippen LogP contribution >= 0.6 is 11.3 Å². The largest absolute Gasteiger partial charge is 0.496 e. The zero-order chi connectivity index (χ0) is 23.1. The SMILES string of the molecule is COc1ccccc1CNC(=O)c1sc2c(cnc3cc4c(cc32)OCO4)c1-c1ccccc1. The molecule has 0 fully saturated rings. The van der Waals surface area contributed by atoms with Crippen molar-refractivity contribution in [3.8, 4) is 28.4 Å². The van der Waals surface area contributed by atoms with E-state index in [0.29, 0.717) is 22.9 Å². The first-order valence-electron chi connectivity index (χ1n) is 10.8. The molecule has 6 rings (SSSR count). The molecule has 0 saturated carbocycles. The van der Waals surface area contributed by atoms with Gasteiger partial charge in [-0.25, -0.2) is 0 Å². The summed E-state index contributed by atoms with van der Waals surface area (Å²) in [7, 11) is 1.63. The zero-order valence-corrected chi connectivity index (χ0v) is 19.1. The molecule has 0 saturated heterocycles. The Kier molecular flexibility index (Phi) is 5.04. The summed E-state index contributed by atoms with van der Waals surface area (Å²) in [5, 5.41) is 4.95. The monoisotopic (exact) mass is 468 g/mol. The normalized spacial score (nSPS) is 12.3. The lowest BCUT2D eigenvalue weighted by Gasteiger charge is -2.10. The van der Waals surface area contributed by atoms with Crippen LogP contribution in [0.4, 0.5) is 0 Å². The topological polar surface area (TPSA) is 69.7 Å². The van der Waals surface area contributed by atoms with E-state index < -0.39 is 0 Å². The van der Waals surface area contributed by atoms with Crippen LogP contribution in [0.2, 0.25) is 0 Å². The van der Waals surface area contributed by atoms with Gasteiger partial charge in [-0.2, -0.15) is 0 Å². The Balaban J connectivity index is 1.48. The van der Waals surface area contributed by atoms with Crippen molar-refractivity contribution in [2.45, 2.75) is 6.54 Å². The van der Waals surface area contributed by atoms with Crippen LogP contribution in [0.3, 0.4) is 0 Å². The molecule has 3 aromatic carbocycles. The van der Waals surface area contributed by atoms with Crippen molar-refractivity contribution < 1.29 is 19.0 Å². The van der Waals surface area contributed by atoms with E-state index in [4.69, 9.17) is 14.2 Å². The Morgan fingerprint density at radius 1 is 1.03 bits per heavy atom. The first kappa shape index (κ1) is 20.5. The van der Waals surface area contributed by atoms with E-state index in [1.54, 1.807) is 7.11 Å². The van der Waals surface area contributed by atoms with E-state index in [1.165, 1.54) is 11.3 Å². The second-order valence-electron chi connectivity index (χ2n) is 7.89. The number of hydrogen-bond donors (Lipinski definition) is 1. The molecule has 0 bridgehead atoms. The maximum atomic E-state index is 13.5. The summed E-state index contributed by atoms with van der Waals surface area (Å²) in [6, 6.07) is 21.5. The van der Waals surface area contributed by atoms with E-state index in [2.05, 4.69) is 10.3 Å². The second kappa shape index (κ2) is 8.35. The van der Waals surface area contributed by atoms with Gasteiger partial charge < -0.3 is 19.5 Å². The third kappa shape index (κ3) is 3.41. The van der Waals surface area contributed by atoms with Crippen molar-refractivity contribution in [3.63, 3.8) is 0 Å². The van der Waals surface area contributed by atoms with E-state index in [-0.39, 0.29) is 12.7 Å². The van der Waals surface area contributed by atoms with Crippen molar-refractivity contribution in [1.82, 2.24) is 10.3 Å². The van der Waals surface area contributed by atoms with Gasteiger partial charge in [0.1, 0.15) is 10.6 Å². The third-order valence-corrected chi connectivity index (χ3v) is 7.15. The zero-order valence-electron chi connectivity index (χ0n) is 18.3. The molecule has 1 amide bonds.